The molecule has 1 aliphatic heterocycles. The van der Waals surface area contributed by atoms with E-state index in [-0.39, 0.29) is 40.8 Å². The number of hydrogen-bond acceptors (Lipinski definition) is 3. The van der Waals surface area contributed by atoms with Gasteiger partial charge in [-0.25, -0.2) is 9.69 Å². The van der Waals surface area contributed by atoms with Crippen LogP contribution in [0.15, 0.2) is 36.4 Å². The van der Waals surface area contributed by atoms with Gasteiger partial charge in [0.25, 0.3) is 0 Å². The van der Waals surface area contributed by atoms with E-state index in [1.807, 2.05) is 19.1 Å². The van der Waals surface area contributed by atoms with Gasteiger partial charge in [-0.15, -0.1) is 0 Å². The quantitative estimate of drug-likeness (QED) is 0.670. The third-order valence-electron chi connectivity index (χ3n) is 5.49. The van der Waals surface area contributed by atoms with Gasteiger partial charge in [-0.05, 0) is 37.3 Å². The number of carbonyl (C=O) groups is 3. The Morgan fingerprint density at radius 2 is 2.00 bits per heavy atom. The molecule has 112 valence electrons. The lowest BCUT2D eigenvalue weighted by molar-refractivity contribution is -0.127. The molecule has 1 aromatic carbocycles. The Morgan fingerprint density at radius 1 is 1.27 bits per heavy atom. The standard InChI is InChI=1S/C17H15NO4/c1-17-10-7-6-9(8-10)13(17)14(19)18(16(17)22)12-5-3-2-4-11(12)15(20)21/h2-7,9-10,13H,8H2,1H3,(H,20,21)/t9-,10+,13-,17-/m1/s1. The summed E-state index contributed by atoms with van der Waals surface area (Å²) in [6.07, 6.45) is 4.89. The predicted molar refractivity (Wildman–Crippen MR) is 78.2 cm³/mol. The van der Waals surface area contributed by atoms with Crippen LogP contribution in [0.4, 0.5) is 5.69 Å². The second-order valence-corrected chi connectivity index (χ2v) is 6.45. The fourth-order valence-corrected chi connectivity index (χ4v) is 4.38. The number of carboxylic acid groups (broad SMARTS) is 1. The van der Waals surface area contributed by atoms with Crippen molar-refractivity contribution in [3.8, 4) is 0 Å². The van der Waals surface area contributed by atoms with Crippen LogP contribution < -0.4 is 4.90 Å². The van der Waals surface area contributed by atoms with Crippen molar-refractivity contribution in [1.29, 1.82) is 0 Å². The molecular formula is C17H15NO4. The number of hydrogen-bond donors (Lipinski definition) is 1. The highest BCUT2D eigenvalue weighted by Gasteiger charge is 2.67. The summed E-state index contributed by atoms with van der Waals surface area (Å²) in [6.45, 7) is 1.84. The molecule has 2 bridgehead atoms. The minimum Gasteiger partial charge on any atom is -0.478 e. The first-order valence-electron chi connectivity index (χ1n) is 7.35. The number of imide groups is 1. The molecule has 0 unspecified atom stereocenters. The monoisotopic (exact) mass is 297 g/mol. The summed E-state index contributed by atoms with van der Waals surface area (Å²) in [5.74, 6) is -1.88. The molecule has 0 radical (unpaired) electrons. The topological polar surface area (TPSA) is 74.7 Å². The van der Waals surface area contributed by atoms with E-state index < -0.39 is 11.4 Å². The van der Waals surface area contributed by atoms with Gasteiger partial charge in [0.15, 0.2) is 0 Å². The van der Waals surface area contributed by atoms with Crippen molar-refractivity contribution >= 4 is 23.5 Å². The van der Waals surface area contributed by atoms with Crippen LogP contribution in [0.1, 0.15) is 23.7 Å². The van der Waals surface area contributed by atoms with Crippen LogP contribution in [0.5, 0.6) is 0 Å². The summed E-state index contributed by atoms with van der Waals surface area (Å²) in [7, 11) is 0. The molecule has 2 aliphatic carbocycles. The second kappa shape index (κ2) is 4.06. The van der Waals surface area contributed by atoms with Crippen LogP contribution in [-0.4, -0.2) is 22.9 Å². The van der Waals surface area contributed by atoms with E-state index in [9.17, 15) is 19.5 Å². The minimum absolute atomic E-state index is 0.0203. The average Bonchev–Trinajstić information content (AvgIpc) is 3.12. The van der Waals surface area contributed by atoms with Gasteiger partial charge in [0.2, 0.25) is 11.8 Å². The molecule has 1 aromatic rings. The number of carbonyl (C=O) groups excluding carboxylic acids is 2. The van der Waals surface area contributed by atoms with E-state index in [2.05, 4.69) is 0 Å². The van der Waals surface area contributed by atoms with Crippen LogP contribution >= 0.6 is 0 Å². The second-order valence-electron chi connectivity index (χ2n) is 6.45. The normalized spacial score (nSPS) is 35.3. The molecule has 2 amide bonds. The van der Waals surface area contributed by atoms with Crippen LogP contribution in [-0.2, 0) is 9.59 Å². The summed E-state index contributed by atoms with van der Waals surface area (Å²) < 4.78 is 0. The maximum atomic E-state index is 13.0. The molecule has 0 aromatic heterocycles. The predicted octanol–water partition coefficient (Wildman–Crippen LogP) is 2.09. The van der Waals surface area contributed by atoms with Crippen molar-refractivity contribution < 1.29 is 19.5 Å². The van der Waals surface area contributed by atoms with E-state index in [1.165, 1.54) is 12.1 Å². The number of fused-ring (bicyclic) bond motifs is 5. The fraction of sp³-hybridized carbons (Fsp3) is 0.353. The largest absolute Gasteiger partial charge is 0.478 e. The maximum absolute atomic E-state index is 13.0. The number of para-hydroxylation sites is 1. The Balaban J connectivity index is 1.85. The molecule has 5 nitrogen and oxygen atoms in total. The molecule has 22 heavy (non-hydrogen) atoms. The van der Waals surface area contributed by atoms with Crippen LogP contribution in [0.3, 0.4) is 0 Å². The molecule has 1 heterocycles. The lowest BCUT2D eigenvalue weighted by atomic mass is 9.71. The number of rotatable bonds is 2. The minimum atomic E-state index is -1.14. The van der Waals surface area contributed by atoms with Gasteiger partial charge in [-0.1, -0.05) is 24.3 Å². The highest BCUT2D eigenvalue weighted by molar-refractivity contribution is 6.25. The smallest absolute Gasteiger partial charge is 0.337 e. The number of anilines is 1. The number of nitrogens with zero attached hydrogens (tertiary/aromatic N) is 1. The summed E-state index contributed by atoms with van der Waals surface area (Å²) in [6, 6.07) is 6.18. The fourth-order valence-electron chi connectivity index (χ4n) is 4.38. The van der Waals surface area contributed by atoms with Gasteiger partial charge in [-0.2, -0.15) is 0 Å². The van der Waals surface area contributed by atoms with Crippen molar-refractivity contribution in [3.63, 3.8) is 0 Å². The van der Waals surface area contributed by atoms with E-state index in [0.29, 0.717) is 0 Å². The first-order valence-corrected chi connectivity index (χ1v) is 7.35. The first-order chi connectivity index (χ1) is 10.5. The molecule has 2 fully saturated rings. The summed E-state index contributed by atoms with van der Waals surface area (Å²) in [4.78, 5) is 38.3. The first kappa shape index (κ1) is 13.2. The van der Waals surface area contributed by atoms with Crippen molar-refractivity contribution in [2.24, 2.45) is 23.2 Å². The molecule has 4 atom stereocenters. The number of aromatic carboxylic acids is 1. The van der Waals surface area contributed by atoms with Crippen LogP contribution in [0.2, 0.25) is 0 Å². The van der Waals surface area contributed by atoms with Crippen molar-refractivity contribution in [3.05, 3.63) is 42.0 Å². The molecule has 4 rings (SSSR count). The van der Waals surface area contributed by atoms with E-state index >= 15 is 0 Å². The Bertz CT molecular complexity index is 753. The van der Waals surface area contributed by atoms with E-state index in [1.54, 1.807) is 12.1 Å². The number of carboxylic acids is 1. The Hall–Kier alpha value is -2.43. The van der Waals surface area contributed by atoms with Gasteiger partial charge in [0, 0.05) is 0 Å². The molecule has 5 heteroatoms. The lowest BCUT2D eigenvalue weighted by Gasteiger charge is -2.28. The van der Waals surface area contributed by atoms with Crippen molar-refractivity contribution in [1.82, 2.24) is 0 Å². The SMILES string of the molecule is C[C@]12C(=O)N(c3ccccc3C(=O)O)C(=O)[C@H]1[C@@H]1C=C[C@H]2C1. The molecular weight excluding hydrogens is 282 g/mol. The number of allylic oxidation sites excluding steroid dienone is 2. The molecule has 1 saturated heterocycles. The van der Waals surface area contributed by atoms with E-state index in [0.717, 1.165) is 11.3 Å². The van der Waals surface area contributed by atoms with Gasteiger partial charge < -0.3 is 5.11 Å². The average molecular weight is 297 g/mol. The number of amides is 2. The highest BCUT2D eigenvalue weighted by atomic mass is 16.4. The zero-order chi connectivity index (χ0) is 15.6. The summed E-state index contributed by atoms with van der Waals surface area (Å²) >= 11 is 0. The molecule has 0 spiro atoms. The van der Waals surface area contributed by atoms with Gasteiger partial charge in [0.1, 0.15) is 0 Å². The van der Waals surface area contributed by atoms with Crippen molar-refractivity contribution in [2.75, 3.05) is 4.90 Å². The maximum Gasteiger partial charge on any atom is 0.337 e. The Labute approximate surface area is 127 Å². The zero-order valence-electron chi connectivity index (χ0n) is 12.0. The van der Waals surface area contributed by atoms with Crippen molar-refractivity contribution in [2.45, 2.75) is 13.3 Å². The lowest BCUT2D eigenvalue weighted by Crippen LogP contribution is -2.38. The third-order valence-corrected chi connectivity index (χ3v) is 5.49. The highest BCUT2D eigenvalue weighted by Crippen LogP contribution is 2.61. The number of benzene rings is 1. The van der Waals surface area contributed by atoms with E-state index in [4.69, 9.17) is 0 Å². The van der Waals surface area contributed by atoms with Crippen LogP contribution in [0, 0.1) is 23.2 Å². The summed E-state index contributed by atoms with van der Waals surface area (Å²) in [5.41, 5.74) is -0.574. The van der Waals surface area contributed by atoms with Gasteiger partial charge in [0.05, 0.1) is 22.6 Å². The zero-order valence-corrected chi connectivity index (χ0v) is 12.0. The molecule has 1 saturated carbocycles. The third kappa shape index (κ3) is 1.36. The summed E-state index contributed by atoms with van der Waals surface area (Å²) in [5, 5.41) is 9.32. The van der Waals surface area contributed by atoms with Gasteiger partial charge in [-0.3, -0.25) is 9.59 Å². The van der Waals surface area contributed by atoms with Gasteiger partial charge >= 0.3 is 5.97 Å². The molecule has 3 aliphatic rings. The van der Waals surface area contributed by atoms with Crippen LogP contribution in [0.25, 0.3) is 0 Å². The Kier molecular flexibility index (Phi) is 2.45. The molecule has 1 N–H and O–H groups in total. The Morgan fingerprint density at radius 3 is 2.68 bits per heavy atom.